The number of nitrogens with one attached hydrogen (secondary N) is 1. The molecule has 0 saturated heterocycles. The van der Waals surface area contributed by atoms with Crippen molar-refractivity contribution < 1.29 is 9.84 Å². The molecule has 0 saturated carbocycles. The molecule has 8 heteroatoms. The number of aromatic nitrogens is 2. The van der Waals surface area contributed by atoms with Gasteiger partial charge in [-0.1, -0.05) is 37.6 Å². The zero-order valence-corrected chi connectivity index (χ0v) is 20.9. The van der Waals surface area contributed by atoms with Gasteiger partial charge < -0.3 is 14.8 Å². The molecule has 1 atom stereocenters. The first-order valence-electron chi connectivity index (χ1n) is 10.8. The van der Waals surface area contributed by atoms with Crippen LogP contribution in [0.2, 0.25) is 5.02 Å². The van der Waals surface area contributed by atoms with Gasteiger partial charge in [-0.15, -0.1) is 11.3 Å². The largest absolute Gasteiger partial charge is 0.389 e. The average molecular weight is 478 g/mol. The molecular weight excluding hydrogens is 446 g/mol. The molecule has 2 aromatic heterocycles. The highest BCUT2D eigenvalue weighted by molar-refractivity contribution is 7.17. The molecule has 174 valence electrons. The number of fused-ring (bicyclic) bond motifs is 1. The Kier molecular flexibility index (Phi) is 8.11. The number of rotatable bonds is 9. The van der Waals surface area contributed by atoms with Gasteiger partial charge in [0.25, 0.3) is 5.56 Å². The Bertz CT molecular complexity index is 1090. The minimum Gasteiger partial charge on any atom is -0.389 e. The lowest BCUT2D eigenvalue weighted by molar-refractivity contribution is -0.0574. The fourth-order valence-electron chi connectivity index (χ4n) is 3.54. The van der Waals surface area contributed by atoms with Crippen LogP contribution in [0.4, 0.5) is 0 Å². The Labute approximate surface area is 198 Å². The van der Waals surface area contributed by atoms with E-state index in [1.165, 1.54) is 11.3 Å². The van der Waals surface area contributed by atoms with E-state index < -0.39 is 6.10 Å². The van der Waals surface area contributed by atoms with Crippen molar-refractivity contribution in [2.45, 2.75) is 52.9 Å². The molecule has 0 amide bonds. The summed E-state index contributed by atoms with van der Waals surface area (Å²) in [5.74, 6) is 0.996. The molecule has 0 fully saturated rings. The number of hydrogen-bond acceptors (Lipinski definition) is 6. The molecule has 0 bridgehead atoms. The number of H-pyrrole nitrogens is 1. The van der Waals surface area contributed by atoms with Crippen molar-refractivity contribution in [1.82, 2.24) is 14.9 Å². The Morgan fingerprint density at radius 2 is 1.91 bits per heavy atom. The maximum Gasteiger partial charge on any atom is 0.260 e. The number of benzene rings is 1. The van der Waals surface area contributed by atoms with E-state index in [9.17, 15) is 9.90 Å². The van der Waals surface area contributed by atoms with E-state index >= 15 is 0 Å². The second-order valence-electron chi connectivity index (χ2n) is 9.51. The number of ether oxygens (including phenoxy) is 1. The summed E-state index contributed by atoms with van der Waals surface area (Å²) in [6.45, 7) is 12.1. The van der Waals surface area contributed by atoms with Crippen molar-refractivity contribution in [3.05, 3.63) is 50.8 Å². The molecule has 3 rings (SSSR count). The first-order valence-corrected chi connectivity index (χ1v) is 12.1. The van der Waals surface area contributed by atoms with E-state index in [1.807, 2.05) is 50.4 Å². The van der Waals surface area contributed by atoms with Crippen LogP contribution in [0.5, 0.6) is 0 Å². The maximum absolute atomic E-state index is 13.0. The third-order valence-corrected chi connectivity index (χ3v) is 5.95. The second kappa shape index (κ2) is 10.4. The Balaban J connectivity index is 1.80. The molecule has 0 unspecified atom stereocenters. The molecular formula is C24H32ClN3O3S. The number of aliphatic hydroxyl groups is 1. The van der Waals surface area contributed by atoms with E-state index in [2.05, 4.69) is 23.7 Å². The van der Waals surface area contributed by atoms with Gasteiger partial charge in [-0.25, -0.2) is 4.98 Å². The van der Waals surface area contributed by atoms with Crippen LogP contribution in [0.15, 0.2) is 34.4 Å². The van der Waals surface area contributed by atoms with Crippen molar-refractivity contribution in [3.63, 3.8) is 0 Å². The normalized spacial score (nSPS) is 13.4. The van der Waals surface area contributed by atoms with Gasteiger partial charge in [0.15, 0.2) is 0 Å². The lowest BCUT2D eigenvalue weighted by Crippen LogP contribution is -2.39. The number of aliphatic hydroxyl groups excluding tert-OH is 1. The minimum absolute atomic E-state index is 0.155. The third kappa shape index (κ3) is 6.86. The SMILES string of the molecule is CC(C)CN(Cc1nc2scc(-c3ccc(Cl)cc3)c2c(=O)[nH]1)C[C@@H](O)COC(C)(C)C. The molecule has 1 aromatic carbocycles. The predicted octanol–water partition coefficient (Wildman–Crippen LogP) is 4.94. The number of hydrogen-bond donors (Lipinski definition) is 2. The van der Waals surface area contributed by atoms with Crippen LogP contribution < -0.4 is 5.56 Å². The number of aromatic amines is 1. The maximum atomic E-state index is 13.0. The lowest BCUT2D eigenvalue weighted by atomic mass is 10.1. The Morgan fingerprint density at radius 1 is 1.22 bits per heavy atom. The standard InChI is InChI=1S/C24H32ClN3O3S/c1-15(2)10-28(11-18(29)13-31-24(3,4)5)12-20-26-22(30)21-19(14-32-23(21)27-20)16-6-8-17(25)9-7-16/h6-9,14-15,18,29H,10-13H2,1-5H3,(H,26,27,30)/t18-/m1/s1. The molecule has 6 nitrogen and oxygen atoms in total. The summed E-state index contributed by atoms with van der Waals surface area (Å²) in [6, 6.07) is 7.44. The molecule has 0 aliphatic heterocycles. The highest BCUT2D eigenvalue weighted by Crippen LogP contribution is 2.31. The van der Waals surface area contributed by atoms with Gasteiger partial charge in [0, 0.05) is 29.1 Å². The van der Waals surface area contributed by atoms with Crippen LogP contribution in [0.3, 0.4) is 0 Å². The monoisotopic (exact) mass is 477 g/mol. The van der Waals surface area contributed by atoms with Gasteiger partial charge >= 0.3 is 0 Å². The quantitative estimate of drug-likeness (QED) is 0.456. The molecule has 0 radical (unpaired) electrons. The van der Waals surface area contributed by atoms with Crippen molar-refractivity contribution >= 4 is 33.2 Å². The summed E-state index contributed by atoms with van der Waals surface area (Å²) < 4.78 is 5.72. The summed E-state index contributed by atoms with van der Waals surface area (Å²) in [5.41, 5.74) is 1.33. The zero-order valence-electron chi connectivity index (χ0n) is 19.3. The van der Waals surface area contributed by atoms with E-state index in [-0.39, 0.29) is 17.8 Å². The molecule has 0 aliphatic rings. The van der Waals surface area contributed by atoms with Gasteiger partial charge in [0.05, 0.1) is 30.2 Å². The van der Waals surface area contributed by atoms with E-state index in [1.54, 1.807) is 0 Å². The Hall–Kier alpha value is -1.77. The first-order chi connectivity index (χ1) is 15.0. The van der Waals surface area contributed by atoms with Gasteiger partial charge in [0.1, 0.15) is 10.7 Å². The topological polar surface area (TPSA) is 78.5 Å². The smallest absolute Gasteiger partial charge is 0.260 e. The number of halogens is 1. The van der Waals surface area contributed by atoms with Gasteiger partial charge in [-0.05, 0) is 44.4 Å². The van der Waals surface area contributed by atoms with Crippen LogP contribution in [-0.4, -0.2) is 51.4 Å². The zero-order chi connectivity index (χ0) is 23.5. The van der Waals surface area contributed by atoms with Crippen LogP contribution >= 0.6 is 22.9 Å². The number of thiophene rings is 1. The summed E-state index contributed by atoms with van der Waals surface area (Å²) in [7, 11) is 0. The lowest BCUT2D eigenvalue weighted by Gasteiger charge is -2.28. The second-order valence-corrected chi connectivity index (χ2v) is 10.8. The molecule has 32 heavy (non-hydrogen) atoms. The van der Waals surface area contributed by atoms with Crippen LogP contribution in [-0.2, 0) is 11.3 Å². The summed E-state index contributed by atoms with van der Waals surface area (Å²) in [6.07, 6.45) is -0.623. The predicted molar refractivity (Wildman–Crippen MR) is 133 cm³/mol. The summed E-state index contributed by atoms with van der Waals surface area (Å²) >= 11 is 7.45. The molecule has 0 spiro atoms. The summed E-state index contributed by atoms with van der Waals surface area (Å²) in [5, 5.41) is 13.7. The van der Waals surface area contributed by atoms with Crippen LogP contribution in [0.1, 0.15) is 40.4 Å². The average Bonchev–Trinajstić information content (AvgIpc) is 3.10. The van der Waals surface area contributed by atoms with E-state index in [0.29, 0.717) is 40.1 Å². The van der Waals surface area contributed by atoms with Gasteiger partial charge in [-0.3, -0.25) is 9.69 Å². The van der Waals surface area contributed by atoms with Crippen molar-refractivity contribution in [2.75, 3.05) is 19.7 Å². The fraction of sp³-hybridized carbons (Fsp3) is 0.500. The van der Waals surface area contributed by atoms with Crippen LogP contribution in [0, 0.1) is 5.92 Å². The summed E-state index contributed by atoms with van der Waals surface area (Å²) in [4.78, 5) is 23.4. The van der Waals surface area contributed by atoms with Crippen LogP contribution in [0.25, 0.3) is 21.3 Å². The van der Waals surface area contributed by atoms with Gasteiger partial charge in [-0.2, -0.15) is 0 Å². The first kappa shape index (κ1) is 24.9. The molecule has 2 N–H and O–H groups in total. The van der Waals surface area contributed by atoms with E-state index in [4.69, 9.17) is 21.3 Å². The molecule has 0 aliphatic carbocycles. The minimum atomic E-state index is -0.623. The van der Waals surface area contributed by atoms with Crippen molar-refractivity contribution in [3.8, 4) is 11.1 Å². The number of nitrogens with zero attached hydrogens (tertiary/aromatic N) is 2. The fourth-order valence-corrected chi connectivity index (χ4v) is 4.63. The van der Waals surface area contributed by atoms with E-state index in [0.717, 1.165) is 17.7 Å². The molecule has 3 aromatic rings. The van der Waals surface area contributed by atoms with Crippen molar-refractivity contribution in [2.24, 2.45) is 5.92 Å². The highest BCUT2D eigenvalue weighted by Gasteiger charge is 2.19. The third-order valence-electron chi connectivity index (χ3n) is 4.82. The van der Waals surface area contributed by atoms with Gasteiger partial charge in [0.2, 0.25) is 0 Å². The Morgan fingerprint density at radius 3 is 2.53 bits per heavy atom. The highest BCUT2D eigenvalue weighted by atomic mass is 35.5. The molecule has 2 heterocycles. The van der Waals surface area contributed by atoms with Crippen molar-refractivity contribution in [1.29, 1.82) is 0 Å².